The molecular weight excluding hydrogens is 278 g/mol. The number of anilines is 1. The summed E-state index contributed by atoms with van der Waals surface area (Å²) in [5, 5.41) is 0. The first-order valence-electron chi connectivity index (χ1n) is 7.27. The number of hydrogen-bond acceptors (Lipinski definition) is 4. The molecule has 0 aliphatic carbocycles. The predicted octanol–water partition coefficient (Wildman–Crippen LogP) is 1.86. The number of carbonyl (C=O) groups excluding carboxylic acids is 2. The standard InChI is InChI=1S/C17H17N3O2/c21-13-14-1-3-16(4-2-14)19-9-11-20(12-10-19)17(22)15-5-7-18-8-6-15/h1-8,13H,9-12H2. The van der Waals surface area contributed by atoms with Gasteiger partial charge in [0, 0.05) is 55.4 Å². The Morgan fingerprint density at radius 2 is 1.59 bits per heavy atom. The van der Waals surface area contributed by atoms with E-state index >= 15 is 0 Å². The average molecular weight is 295 g/mol. The summed E-state index contributed by atoms with van der Waals surface area (Å²) in [6, 6.07) is 11.0. The minimum Gasteiger partial charge on any atom is -0.368 e. The van der Waals surface area contributed by atoms with Crippen LogP contribution in [0.25, 0.3) is 0 Å². The van der Waals surface area contributed by atoms with E-state index in [0.29, 0.717) is 24.2 Å². The number of piperazine rings is 1. The molecule has 5 nitrogen and oxygen atoms in total. The molecule has 3 rings (SSSR count). The molecule has 0 spiro atoms. The lowest BCUT2D eigenvalue weighted by Gasteiger charge is -2.36. The molecule has 1 fully saturated rings. The van der Waals surface area contributed by atoms with Crippen LogP contribution in [0.15, 0.2) is 48.8 Å². The summed E-state index contributed by atoms with van der Waals surface area (Å²) in [6.07, 6.45) is 4.12. The van der Waals surface area contributed by atoms with Crippen LogP contribution in [0.5, 0.6) is 0 Å². The molecule has 0 N–H and O–H groups in total. The summed E-state index contributed by atoms with van der Waals surface area (Å²) < 4.78 is 0. The van der Waals surface area contributed by atoms with E-state index in [1.54, 1.807) is 24.5 Å². The quantitative estimate of drug-likeness (QED) is 0.811. The molecule has 1 aromatic heterocycles. The van der Waals surface area contributed by atoms with Crippen molar-refractivity contribution in [1.29, 1.82) is 0 Å². The van der Waals surface area contributed by atoms with Gasteiger partial charge in [-0.25, -0.2) is 0 Å². The highest BCUT2D eigenvalue weighted by molar-refractivity contribution is 5.94. The van der Waals surface area contributed by atoms with Crippen molar-refractivity contribution in [1.82, 2.24) is 9.88 Å². The number of benzene rings is 1. The van der Waals surface area contributed by atoms with E-state index in [2.05, 4.69) is 9.88 Å². The summed E-state index contributed by atoms with van der Waals surface area (Å²) >= 11 is 0. The first-order valence-corrected chi connectivity index (χ1v) is 7.27. The van der Waals surface area contributed by atoms with Crippen LogP contribution in [-0.4, -0.2) is 48.3 Å². The summed E-state index contributed by atoms with van der Waals surface area (Å²) in [7, 11) is 0. The highest BCUT2D eigenvalue weighted by atomic mass is 16.2. The largest absolute Gasteiger partial charge is 0.368 e. The van der Waals surface area contributed by atoms with Crippen molar-refractivity contribution in [2.75, 3.05) is 31.1 Å². The molecule has 0 radical (unpaired) electrons. The fourth-order valence-corrected chi connectivity index (χ4v) is 2.61. The van der Waals surface area contributed by atoms with Crippen molar-refractivity contribution in [3.05, 3.63) is 59.9 Å². The molecule has 0 saturated carbocycles. The van der Waals surface area contributed by atoms with Crippen LogP contribution in [0.1, 0.15) is 20.7 Å². The molecule has 2 aromatic rings. The van der Waals surface area contributed by atoms with E-state index in [9.17, 15) is 9.59 Å². The monoisotopic (exact) mass is 295 g/mol. The highest BCUT2D eigenvalue weighted by Gasteiger charge is 2.22. The summed E-state index contributed by atoms with van der Waals surface area (Å²) in [5.74, 6) is 0.0540. The van der Waals surface area contributed by atoms with Crippen LogP contribution < -0.4 is 4.90 Å². The van der Waals surface area contributed by atoms with Crippen molar-refractivity contribution in [2.24, 2.45) is 0 Å². The molecule has 22 heavy (non-hydrogen) atoms. The van der Waals surface area contributed by atoms with Crippen molar-refractivity contribution in [3.63, 3.8) is 0 Å². The number of aromatic nitrogens is 1. The lowest BCUT2D eigenvalue weighted by Crippen LogP contribution is -2.48. The molecule has 1 aliphatic rings. The SMILES string of the molecule is O=Cc1ccc(N2CCN(C(=O)c3ccncc3)CC2)cc1. The minimum atomic E-state index is 0.0540. The smallest absolute Gasteiger partial charge is 0.254 e. The second-order valence-corrected chi connectivity index (χ2v) is 5.22. The first kappa shape index (κ1) is 14.3. The molecule has 1 aromatic carbocycles. The van der Waals surface area contributed by atoms with Crippen LogP contribution in [0.4, 0.5) is 5.69 Å². The third-order valence-corrected chi connectivity index (χ3v) is 3.89. The minimum absolute atomic E-state index is 0.0540. The molecule has 2 heterocycles. The number of pyridine rings is 1. The Morgan fingerprint density at radius 1 is 0.955 bits per heavy atom. The third kappa shape index (κ3) is 2.98. The Labute approximate surface area is 129 Å². The van der Waals surface area contributed by atoms with E-state index in [1.165, 1.54) is 0 Å². The Kier molecular flexibility index (Phi) is 4.14. The topological polar surface area (TPSA) is 53.5 Å². The zero-order valence-electron chi connectivity index (χ0n) is 12.2. The van der Waals surface area contributed by atoms with Gasteiger partial charge in [-0.15, -0.1) is 0 Å². The van der Waals surface area contributed by atoms with Gasteiger partial charge in [0.15, 0.2) is 0 Å². The fraction of sp³-hybridized carbons (Fsp3) is 0.235. The summed E-state index contributed by atoms with van der Waals surface area (Å²) in [5.41, 5.74) is 2.44. The van der Waals surface area contributed by atoms with Gasteiger partial charge < -0.3 is 9.80 Å². The van der Waals surface area contributed by atoms with Crippen LogP contribution >= 0.6 is 0 Å². The maximum atomic E-state index is 12.4. The predicted molar refractivity (Wildman–Crippen MR) is 84.2 cm³/mol. The average Bonchev–Trinajstić information content (AvgIpc) is 2.62. The molecule has 112 valence electrons. The second-order valence-electron chi connectivity index (χ2n) is 5.22. The normalized spacial score (nSPS) is 14.7. The van der Waals surface area contributed by atoms with Gasteiger partial charge >= 0.3 is 0 Å². The number of amides is 1. The van der Waals surface area contributed by atoms with Crippen molar-refractivity contribution in [2.45, 2.75) is 0 Å². The third-order valence-electron chi connectivity index (χ3n) is 3.89. The Balaban J connectivity index is 1.62. The molecule has 1 aliphatic heterocycles. The first-order chi connectivity index (χ1) is 10.8. The molecule has 1 saturated heterocycles. The Hall–Kier alpha value is -2.69. The lowest BCUT2D eigenvalue weighted by atomic mass is 10.1. The van der Waals surface area contributed by atoms with Gasteiger partial charge in [-0.05, 0) is 36.4 Å². The maximum absolute atomic E-state index is 12.4. The summed E-state index contributed by atoms with van der Waals surface area (Å²) in [4.78, 5) is 31.1. The van der Waals surface area contributed by atoms with Crippen molar-refractivity contribution < 1.29 is 9.59 Å². The lowest BCUT2D eigenvalue weighted by molar-refractivity contribution is 0.0746. The van der Waals surface area contributed by atoms with Gasteiger partial charge in [-0.3, -0.25) is 14.6 Å². The molecule has 1 amide bonds. The molecule has 0 unspecified atom stereocenters. The van der Waals surface area contributed by atoms with Crippen LogP contribution in [0.2, 0.25) is 0 Å². The van der Waals surface area contributed by atoms with E-state index in [0.717, 1.165) is 25.1 Å². The highest BCUT2D eigenvalue weighted by Crippen LogP contribution is 2.17. The van der Waals surface area contributed by atoms with Crippen LogP contribution in [0, 0.1) is 0 Å². The number of rotatable bonds is 3. The Bertz CT molecular complexity index is 647. The Morgan fingerprint density at radius 3 is 2.18 bits per heavy atom. The van der Waals surface area contributed by atoms with E-state index in [4.69, 9.17) is 0 Å². The van der Waals surface area contributed by atoms with E-state index in [1.807, 2.05) is 29.2 Å². The number of nitrogens with zero attached hydrogens (tertiary/aromatic N) is 3. The van der Waals surface area contributed by atoms with E-state index in [-0.39, 0.29) is 5.91 Å². The van der Waals surface area contributed by atoms with Crippen LogP contribution in [0.3, 0.4) is 0 Å². The molecule has 0 bridgehead atoms. The zero-order valence-corrected chi connectivity index (χ0v) is 12.2. The number of hydrogen-bond donors (Lipinski definition) is 0. The van der Waals surface area contributed by atoms with Gasteiger partial charge in [0.2, 0.25) is 0 Å². The van der Waals surface area contributed by atoms with E-state index < -0.39 is 0 Å². The van der Waals surface area contributed by atoms with Crippen molar-refractivity contribution in [3.8, 4) is 0 Å². The summed E-state index contributed by atoms with van der Waals surface area (Å²) in [6.45, 7) is 2.96. The van der Waals surface area contributed by atoms with Gasteiger partial charge in [0.1, 0.15) is 6.29 Å². The number of carbonyl (C=O) groups is 2. The van der Waals surface area contributed by atoms with Gasteiger partial charge in [-0.1, -0.05) is 0 Å². The number of aldehydes is 1. The van der Waals surface area contributed by atoms with Crippen molar-refractivity contribution >= 4 is 17.9 Å². The molecule has 0 atom stereocenters. The van der Waals surface area contributed by atoms with Gasteiger partial charge in [-0.2, -0.15) is 0 Å². The van der Waals surface area contributed by atoms with Gasteiger partial charge in [0.05, 0.1) is 0 Å². The zero-order chi connectivity index (χ0) is 15.4. The molecule has 5 heteroatoms. The maximum Gasteiger partial charge on any atom is 0.254 e. The second kappa shape index (κ2) is 6.39. The van der Waals surface area contributed by atoms with Gasteiger partial charge in [0.25, 0.3) is 5.91 Å². The fourth-order valence-electron chi connectivity index (χ4n) is 2.61. The van der Waals surface area contributed by atoms with Crippen LogP contribution in [-0.2, 0) is 0 Å². The molecular formula is C17H17N3O2.